The van der Waals surface area contributed by atoms with Gasteiger partial charge in [-0.15, -0.1) is 0 Å². The molecule has 4 rings (SSSR count). The predicted octanol–water partition coefficient (Wildman–Crippen LogP) is 4.05. The number of fused-ring (bicyclic) bond motifs is 1. The van der Waals surface area contributed by atoms with E-state index in [9.17, 15) is 26.4 Å². The fourth-order valence-corrected chi connectivity index (χ4v) is 6.38. The molecule has 2 atom stereocenters. The highest BCUT2D eigenvalue weighted by Crippen LogP contribution is 2.37. The van der Waals surface area contributed by atoms with Crippen molar-refractivity contribution in [2.75, 3.05) is 6.54 Å². The van der Waals surface area contributed by atoms with Crippen LogP contribution in [0.5, 0.6) is 0 Å². The zero-order valence-electron chi connectivity index (χ0n) is 16.7. The van der Waals surface area contributed by atoms with E-state index in [1.54, 1.807) is 0 Å². The van der Waals surface area contributed by atoms with Gasteiger partial charge in [-0.2, -0.15) is 17.5 Å². The molecule has 5 nitrogen and oxygen atoms in total. The fourth-order valence-electron chi connectivity index (χ4n) is 4.51. The molecule has 2 aromatic rings. The third-order valence-corrected chi connectivity index (χ3v) is 7.94. The number of halogens is 3. The summed E-state index contributed by atoms with van der Waals surface area (Å²) in [7, 11) is -4.50. The smallest absolute Gasteiger partial charge is 0.348 e. The molecule has 1 fully saturated rings. The van der Waals surface area contributed by atoms with Gasteiger partial charge in [-0.05, 0) is 55.4 Å². The van der Waals surface area contributed by atoms with E-state index < -0.39 is 38.6 Å². The van der Waals surface area contributed by atoms with Crippen LogP contribution >= 0.6 is 0 Å². The topological polar surface area (TPSA) is 66.5 Å². The van der Waals surface area contributed by atoms with Crippen molar-refractivity contribution < 1.29 is 26.4 Å². The number of hydrogen-bond donors (Lipinski definition) is 1. The number of sulfonamides is 1. The van der Waals surface area contributed by atoms with Crippen LogP contribution in [-0.2, 0) is 27.4 Å². The molecule has 0 aromatic heterocycles. The van der Waals surface area contributed by atoms with Crippen LogP contribution in [0.25, 0.3) is 0 Å². The molecule has 1 N–H and O–H groups in total. The maximum atomic E-state index is 13.4. The average molecular weight is 452 g/mol. The molecule has 9 heteroatoms. The van der Waals surface area contributed by atoms with Gasteiger partial charge in [0, 0.05) is 6.54 Å². The van der Waals surface area contributed by atoms with Crippen LogP contribution in [0.3, 0.4) is 0 Å². The van der Waals surface area contributed by atoms with Crippen molar-refractivity contribution in [1.29, 1.82) is 0 Å². The predicted molar refractivity (Wildman–Crippen MR) is 109 cm³/mol. The first-order chi connectivity index (χ1) is 14.7. The molecule has 1 amide bonds. The molecule has 2 unspecified atom stereocenters. The molecular formula is C22H23F3N2O3S. The van der Waals surface area contributed by atoms with Gasteiger partial charge in [0.2, 0.25) is 15.9 Å². The van der Waals surface area contributed by atoms with Gasteiger partial charge in [-0.3, -0.25) is 4.79 Å². The van der Waals surface area contributed by atoms with E-state index in [-0.39, 0.29) is 19.0 Å². The number of nitrogens with zero attached hydrogens (tertiary/aromatic N) is 1. The second kappa shape index (κ2) is 8.27. The SMILES string of the molecule is O=C(NC1CCCc2ccccc21)C1CCCN1S(=O)(=O)c1ccccc1C(F)(F)F. The molecule has 1 heterocycles. The summed E-state index contributed by atoms with van der Waals surface area (Å²) in [6, 6.07) is 10.6. The van der Waals surface area contributed by atoms with Gasteiger partial charge in [0.05, 0.1) is 16.5 Å². The van der Waals surface area contributed by atoms with Crippen LogP contribution in [0.15, 0.2) is 53.4 Å². The number of rotatable bonds is 4. The summed E-state index contributed by atoms with van der Waals surface area (Å²) in [5.41, 5.74) is 0.938. The Morgan fingerprint density at radius 3 is 2.48 bits per heavy atom. The fraction of sp³-hybridized carbons (Fsp3) is 0.409. The molecular weight excluding hydrogens is 429 g/mol. The largest absolute Gasteiger partial charge is 0.417 e. The van der Waals surface area contributed by atoms with E-state index >= 15 is 0 Å². The van der Waals surface area contributed by atoms with E-state index in [4.69, 9.17) is 0 Å². The number of alkyl halides is 3. The Labute approximate surface area is 179 Å². The Kier molecular flexibility index (Phi) is 5.83. The summed E-state index contributed by atoms with van der Waals surface area (Å²) in [6.07, 6.45) is -1.58. The zero-order chi connectivity index (χ0) is 22.2. The van der Waals surface area contributed by atoms with Gasteiger partial charge < -0.3 is 5.32 Å². The number of aryl methyl sites for hydroxylation is 1. The minimum Gasteiger partial charge on any atom is -0.348 e. The Balaban J connectivity index is 1.60. The van der Waals surface area contributed by atoms with Crippen LogP contribution in [0.2, 0.25) is 0 Å². The summed E-state index contributed by atoms with van der Waals surface area (Å²) in [4.78, 5) is 12.2. The average Bonchev–Trinajstić information content (AvgIpc) is 3.24. The van der Waals surface area contributed by atoms with Crippen molar-refractivity contribution >= 4 is 15.9 Å². The summed E-state index contributed by atoms with van der Waals surface area (Å²) in [6.45, 7) is 0.00780. The van der Waals surface area contributed by atoms with Gasteiger partial charge in [-0.1, -0.05) is 36.4 Å². The molecule has 1 saturated heterocycles. The summed E-state index contributed by atoms with van der Waals surface area (Å²) in [5, 5.41) is 2.95. The van der Waals surface area contributed by atoms with E-state index in [2.05, 4.69) is 5.32 Å². The molecule has 0 saturated carbocycles. The molecule has 166 valence electrons. The Hall–Kier alpha value is -2.39. The highest BCUT2D eigenvalue weighted by atomic mass is 32.2. The minimum absolute atomic E-state index is 0.00780. The van der Waals surface area contributed by atoms with E-state index in [0.717, 1.165) is 52.9 Å². The lowest BCUT2D eigenvalue weighted by molar-refractivity contribution is -0.139. The van der Waals surface area contributed by atoms with E-state index in [1.165, 1.54) is 6.07 Å². The van der Waals surface area contributed by atoms with Crippen LogP contribution < -0.4 is 5.32 Å². The highest BCUT2D eigenvalue weighted by molar-refractivity contribution is 7.89. The van der Waals surface area contributed by atoms with Gasteiger partial charge >= 0.3 is 6.18 Å². The molecule has 1 aliphatic carbocycles. The van der Waals surface area contributed by atoms with Crippen LogP contribution in [0.4, 0.5) is 13.2 Å². The summed E-state index contributed by atoms with van der Waals surface area (Å²) >= 11 is 0. The lowest BCUT2D eigenvalue weighted by atomic mass is 9.87. The third-order valence-electron chi connectivity index (χ3n) is 5.97. The molecule has 0 bridgehead atoms. The molecule has 1 aliphatic heterocycles. The Bertz CT molecular complexity index is 1090. The minimum atomic E-state index is -4.81. The first-order valence-corrected chi connectivity index (χ1v) is 11.7. The third kappa shape index (κ3) is 4.21. The summed E-state index contributed by atoms with van der Waals surface area (Å²) < 4.78 is 67.5. The molecule has 0 spiro atoms. The second-order valence-corrected chi connectivity index (χ2v) is 9.78. The first kappa shape index (κ1) is 21.8. The van der Waals surface area contributed by atoms with Gasteiger partial charge in [-0.25, -0.2) is 8.42 Å². The highest BCUT2D eigenvalue weighted by Gasteiger charge is 2.44. The Morgan fingerprint density at radius 2 is 1.71 bits per heavy atom. The lowest BCUT2D eigenvalue weighted by Gasteiger charge is -2.30. The zero-order valence-corrected chi connectivity index (χ0v) is 17.5. The van der Waals surface area contributed by atoms with E-state index in [1.807, 2.05) is 24.3 Å². The van der Waals surface area contributed by atoms with Crippen LogP contribution in [0.1, 0.15) is 48.4 Å². The molecule has 0 radical (unpaired) electrons. The first-order valence-electron chi connectivity index (χ1n) is 10.3. The lowest BCUT2D eigenvalue weighted by Crippen LogP contribution is -2.47. The number of carbonyl (C=O) groups is 1. The van der Waals surface area contributed by atoms with Crippen molar-refractivity contribution in [2.24, 2.45) is 0 Å². The van der Waals surface area contributed by atoms with Crippen LogP contribution in [0, 0.1) is 0 Å². The van der Waals surface area contributed by atoms with Gasteiger partial charge in [0.15, 0.2) is 0 Å². The van der Waals surface area contributed by atoms with Crippen molar-refractivity contribution in [2.45, 2.75) is 55.3 Å². The number of benzene rings is 2. The number of carbonyl (C=O) groups excluding carboxylic acids is 1. The quantitative estimate of drug-likeness (QED) is 0.761. The van der Waals surface area contributed by atoms with Crippen molar-refractivity contribution in [3.63, 3.8) is 0 Å². The van der Waals surface area contributed by atoms with Crippen molar-refractivity contribution in [3.05, 3.63) is 65.2 Å². The second-order valence-electron chi connectivity index (χ2n) is 7.92. The maximum absolute atomic E-state index is 13.4. The summed E-state index contributed by atoms with van der Waals surface area (Å²) in [5.74, 6) is -0.465. The van der Waals surface area contributed by atoms with Gasteiger partial charge in [0.1, 0.15) is 6.04 Å². The molecule has 2 aromatic carbocycles. The maximum Gasteiger partial charge on any atom is 0.417 e. The number of nitrogens with one attached hydrogen (secondary N) is 1. The van der Waals surface area contributed by atoms with Crippen LogP contribution in [-0.4, -0.2) is 31.2 Å². The standard InChI is InChI=1S/C22H23F3N2O3S/c23-22(24,25)17-10-3-4-13-20(17)31(29,30)27-14-6-12-19(27)21(28)26-18-11-5-8-15-7-1-2-9-16(15)18/h1-4,7,9-10,13,18-19H,5-6,8,11-12,14H2,(H,26,28). The Morgan fingerprint density at radius 1 is 1.00 bits per heavy atom. The number of hydrogen-bond acceptors (Lipinski definition) is 3. The number of amides is 1. The molecule has 31 heavy (non-hydrogen) atoms. The van der Waals surface area contributed by atoms with E-state index in [0.29, 0.717) is 6.42 Å². The monoisotopic (exact) mass is 452 g/mol. The molecule has 2 aliphatic rings. The van der Waals surface area contributed by atoms with Gasteiger partial charge in [0.25, 0.3) is 0 Å². The van der Waals surface area contributed by atoms with Crippen molar-refractivity contribution in [3.8, 4) is 0 Å². The normalized spacial score (nSPS) is 22.2. The van der Waals surface area contributed by atoms with Crippen molar-refractivity contribution in [1.82, 2.24) is 9.62 Å².